The third-order valence-corrected chi connectivity index (χ3v) is 8.73. The van der Waals surface area contributed by atoms with Crippen molar-refractivity contribution < 1.29 is 14.7 Å². The first-order chi connectivity index (χ1) is 22.9. The van der Waals surface area contributed by atoms with E-state index in [4.69, 9.17) is 5.11 Å². The average molecular weight is 651 g/mol. The lowest BCUT2D eigenvalue weighted by Crippen LogP contribution is -2.38. The van der Waals surface area contributed by atoms with Crippen LogP contribution in [0.2, 0.25) is 0 Å². The van der Waals surface area contributed by atoms with Gasteiger partial charge in [0.05, 0.1) is 6.42 Å². The van der Waals surface area contributed by atoms with E-state index in [1.165, 1.54) is 51.9 Å². The van der Waals surface area contributed by atoms with Crippen LogP contribution < -0.4 is 10.2 Å². The molecular weight excluding hydrogens is 592 g/mol. The Bertz CT molecular complexity index is 1520. The molecule has 1 amide bonds. The molecule has 0 spiro atoms. The molecule has 0 aliphatic carbocycles. The summed E-state index contributed by atoms with van der Waals surface area (Å²) in [4.78, 5) is 25.3. The number of amides is 1. The van der Waals surface area contributed by atoms with Gasteiger partial charge in [0.25, 0.3) is 0 Å². The number of aryl methyl sites for hydroxylation is 4. The van der Waals surface area contributed by atoms with Gasteiger partial charge in [-0.05, 0) is 104 Å². The highest BCUT2D eigenvalue weighted by atomic mass is 16.2. The third-order valence-electron chi connectivity index (χ3n) is 8.73. The highest BCUT2D eigenvalue weighted by Crippen LogP contribution is 2.35. The summed E-state index contributed by atoms with van der Waals surface area (Å²) in [6, 6.07) is 28.6. The van der Waals surface area contributed by atoms with Gasteiger partial charge in [-0.2, -0.15) is 0 Å². The maximum absolute atomic E-state index is 12.7. The molecule has 48 heavy (non-hydrogen) atoms. The van der Waals surface area contributed by atoms with Crippen molar-refractivity contribution in [1.82, 2.24) is 0 Å². The van der Waals surface area contributed by atoms with Crippen LogP contribution in [0.1, 0.15) is 85.6 Å². The molecule has 1 aliphatic heterocycles. The number of aliphatic hydroxyl groups is 1. The number of hydrogen-bond donors (Lipinski definition) is 2. The number of carbonyl (C=O) groups excluding carboxylic acids is 2. The Morgan fingerprint density at radius 1 is 0.792 bits per heavy atom. The first-order valence-corrected chi connectivity index (χ1v) is 17.2. The number of hydrogen-bond acceptors (Lipinski definition) is 4. The predicted octanol–water partition coefficient (Wildman–Crippen LogP) is 10.2. The van der Waals surface area contributed by atoms with Gasteiger partial charge < -0.3 is 15.3 Å². The summed E-state index contributed by atoms with van der Waals surface area (Å²) in [6.07, 6.45) is 3.72. The average Bonchev–Trinajstić information content (AvgIpc) is 3.07. The molecule has 1 fully saturated rings. The molecule has 1 aliphatic rings. The highest BCUT2D eigenvalue weighted by molar-refractivity contribution is 5.92. The Labute approximate surface area is 290 Å². The van der Waals surface area contributed by atoms with Crippen LogP contribution in [-0.2, 0) is 11.2 Å². The first kappa shape index (κ1) is 40.0. The minimum absolute atomic E-state index is 0.0131. The van der Waals surface area contributed by atoms with Crippen LogP contribution >= 0.6 is 0 Å². The summed E-state index contributed by atoms with van der Waals surface area (Å²) in [6.45, 7) is 21.7. The molecule has 1 heterocycles. The molecule has 0 saturated carbocycles. The van der Waals surface area contributed by atoms with Crippen LogP contribution in [0.5, 0.6) is 0 Å². The Balaban J connectivity index is 0.000000522. The maximum atomic E-state index is 12.7. The van der Waals surface area contributed by atoms with Crippen LogP contribution in [0.3, 0.4) is 0 Å². The van der Waals surface area contributed by atoms with Gasteiger partial charge in [-0.15, -0.1) is 0 Å². The van der Waals surface area contributed by atoms with Gasteiger partial charge in [-0.3, -0.25) is 9.59 Å². The van der Waals surface area contributed by atoms with Crippen molar-refractivity contribution in [1.29, 1.82) is 0 Å². The molecule has 0 unspecified atom stereocenters. The Hall–Kier alpha value is -4.22. The molecule has 4 aromatic rings. The van der Waals surface area contributed by atoms with Crippen molar-refractivity contribution >= 4 is 23.6 Å². The zero-order valence-electron chi connectivity index (χ0n) is 31.0. The predicted molar refractivity (Wildman–Crippen MR) is 205 cm³/mol. The SMILES string of the molecule is CC.CO.Cc1cc(C)c(-c2ccc(NC(=O)Cc3ccc(N4CCC(C(C)(C)C)CC4)cc3)cc2)c(C)c1.Cc1ccc(C=O)cc1. The topological polar surface area (TPSA) is 69.6 Å². The van der Waals surface area contributed by atoms with Crippen LogP contribution in [0.15, 0.2) is 84.9 Å². The first-order valence-electron chi connectivity index (χ1n) is 17.2. The maximum Gasteiger partial charge on any atom is 0.228 e. The summed E-state index contributed by atoms with van der Waals surface area (Å²) >= 11 is 0. The molecule has 0 bridgehead atoms. The van der Waals surface area contributed by atoms with Gasteiger partial charge in [-0.25, -0.2) is 0 Å². The van der Waals surface area contributed by atoms with Crippen LogP contribution in [-0.4, -0.2) is 37.5 Å². The van der Waals surface area contributed by atoms with Crippen molar-refractivity contribution in [2.75, 3.05) is 30.4 Å². The van der Waals surface area contributed by atoms with E-state index in [2.05, 4.69) is 100 Å². The summed E-state index contributed by atoms with van der Waals surface area (Å²) in [5.74, 6) is 0.805. The molecule has 1 saturated heterocycles. The van der Waals surface area contributed by atoms with E-state index in [9.17, 15) is 9.59 Å². The summed E-state index contributed by atoms with van der Waals surface area (Å²) in [7, 11) is 1.00. The van der Waals surface area contributed by atoms with Crippen molar-refractivity contribution in [3.63, 3.8) is 0 Å². The van der Waals surface area contributed by atoms with Crippen molar-refractivity contribution in [2.45, 2.75) is 81.6 Å². The van der Waals surface area contributed by atoms with Crippen molar-refractivity contribution in [3.05, 3.63) is 118 Å². The number of rotatable bonds is 6. The second-order valence-corrected chi connectivity index (χ2v) is 13.4. The van der Waals surface area contributed by atoms with Gasteiger partial charge in [0.1, 0.15) is 6.29 Å². The number of carbonyl (C=O) groups is 2. The molecule has 2 N–H and O–H groups in total. The molecule has 0 atom stereocenters. The van der Waals surface area contributed by atoms with E-state index >= 15 is 0 Å². The largest absolute Gasteiger partial charge is 0.400 e. The van der Waals surface area contributed by atoms with Gasteiger partial charge in [0.2, 0.25) is 5.91 Å². The number of nitrogens with one attached hydrogen (secondary N) is 1. The van der Waals surface area contributed by atoms with Crippen molar-refractivity contribution in [3.8, 4) is 11.1 Å². The van der Waals surface area contributed by atoms with Gasteiger partial charge in [0, 0.05) is 37.1 Å². The molecule has 0 radical (unpaired) electrons. The third kappa shape index (κ3) is 12.1. The number of aldehydes is 1. The van der Waals surface area contributed by atoms with E-state index < -0.39 is 0 Å². The Morgan fingerprint density at radius 3 is 1.79 bits per heavy atom. The molecule has 0 aromatic heterocycles. The molecule has 5 heteroatoms. The van der Waals surface area contributed by atoms with E-state index in [-0.39, 0.29) is 5.91 Å². The number of anilines is 2. The van der Waals surface area contributed by atoms with Gasteiger partial charge in [-0.1, -0.05) is 106 Å². The zero-order valence-corrected chi connectivity index (χ0v) is 31.0. The van der Waals surface area contributed by atoms with Crippen LogP contribution in [0, 0.1) is 39.0 Å². The molecule has 258 valence electrons. The van der Waals surface area contributed by atoms with Crippen molar-refractivity contribution in [2.24, 2.45) is 11.3 Å². The lowest BCUT2D eigenvalue weighted by molar-refractivity contribution is -0.115. The second-order valence-electron chi connectivity index (χ2n) is 13.4. The number of aliphatic hydroxyl groups excluding tert-OH is 1. The fourth-order valence-corrected chi connectivity index (χ4v) is 6.22. The molecule has 5 nitrogen and oxygen atoms in total. The second kappa shape index (κ2) is 19.6. The number of benzene rings is 4. The Morgan fingerprint density at radius 2 is 1.31 bits per heavy atom. The standard InChI is InChI=1S/C32H40N2O.C8H8O.C2H6.CH4O/c1-22-19-23(2)31(24(3)20-22)26-9-11-28(12-10-26)33-30(35)21-25-7-13-29(14-8-25)34-17-15-27(16-18-34)32(4,5)6;1-7-2-4-8(6-9)5-3-7;2*1-2/h7-14,19-20,27H,15-18,21H2,1-6H3,(H,33,35);2-6H,1H3;1-2H3;2H,1H3. The Kier molecular flexibility index (Phi) is 16.3. The van der Waals surface area contributed by atoms with Crippen LogP contribution in [0.4, 0.5) is 11.4 Å². The fraction of sp³-hybridized carbons (Fsp3) is 0.395. The monoisotopic (exact) mass is 650 g/mol. The van der Waals surface area contributed by atoms with E-state index in [0.29, 0.717) is 11.8 Å². The smallest absolute Gasteiger partial charge is 0.228 e. The van der Waals surface area contributed by atoms with E-state index in [1.54, 1.807) is 0 Å². The zero-order chi connectivity index (χ0) is 35.9. The van der Waals surface area contributed by atoms with Crippen LogP contribution in [0.25, 0.3) is 11.1 Å². The minimum atomic E-state index is 0.0131. The fourth-order valence-electron chi connectivity index (χ4n) is 6.22. The lowest BCUT2D eigenvalue weighted by atomic mass is 9.75. The minimum Gasteiger partial charge on any atom is -0.400 e. The van der Waals surface area contributed by atoms with Gasteiger partial charge in [0.15, 0.2) is 0 Å². The normalized spacial score (nSPS) is 12.7. The number of nitrogens with zero attached hydrogens (tertiary/aromatic N) is 1. The molecule has 5 rings (SSSR count). The highest BCUT2D eigenvalue weighted by Gasteiger charge is 2.28. The number of piperidine rings is 1. The summed E-state index contributed by atoms with van der Waals surface area (Å²) in [5.41, 5.74) is 11.7. The quantitative estimate of drug-likeness (QED) is 0.204. The van der Waals surface area contributed by atoms with Gasteiger partial charge >= 0.3 is 0 Å². The lowest BCUT2D eigenvalue weighted by Gasteiger charge is -2.39. The molecular formula is C43H58N2O3. The summed E-state index contributed by atoms with van der Waals surface area (Å²) < 4.78 is 0. The summed E-state index contributed by atoms with van der Waals surface area (Å²) in [5, 5.41) is 10.1. The van der Waals surface area contributed by atoms with E-state index in [0.717, 1.165) is 49.2 Å². The van der Waals surface area contributed by atoms with E-state index in [1.807, 2.05) is 57.2 Å². The molecule has 4 aromatic carbocycles.